The van der Waals surface area contributed by atoms with Gasteiger partial charge in [-0.1, -0.05) is 0 Å². The van der Waals surface area contributed by atoms with Crippen molar-refractivity contribution in [3.63, 3.8) is 0 Å². The molecule has 3 aromatic rings. The van der Waals surface area contributed by atoms with Gasteiger partial charge in [0.2, 0.25) is 0 Å². The molecular formula is C16H17FN8O. The van der Waals surface area contributed by atoms with Gasteiger partial charge in [0, 0.05) is 25.7 Å². The van der Waals surface area contributed by atoms with E-state index in [1.54, 1.807) is 6.07 Å². The third-order valence-corrected chi connectivity index (χ3v) is 4.50. The van der Waals surface area contributed by atoms with Crippen molar-refractivity contribution in [1.29, 1.82) is 0 Å². The molecule has 0 bridgehead atoms. The van der Waals surface area contributed by atoms with Gasteiger partial charge in [-0.2, -0.15) is 5.10 Å². The molecule has 4 rings (SSSR count). The summed E-state index contributed by atoms with van der Waals surface area (Å²) in [6.45, 7) is 1.87. The van der Waals surface area contributed by atoms with Crippen LogP contribution in [0.25, 0.3) is 5.82 Å². The minimum atomic E-state index is -0.413. The van der Waals surface area contributed by atoms with Crippen molar-refractivity contribution in [2.45, 2.75) is 19.4 Å². The van der Waals surface area contributed by atoms with Crippen molar-refractivity contribution in [2.75, 3.05) is 18.0 Å². The largest absolute Gasteiger partial charge is 0.354 e. The molecule has 0 aliphatic carbocycles. The highest BCUT2D eigenvalue weighted by molar-refractivity contribution is 5.38. The minimum Gasteiger partial charge on any atom is -0.354 e. The van der Waals surface area contributed by atoms with Gasteiger partial charge in [-0.15, -0.1) is 5.10 Å². The van der Waals surface area contributed by atoms with Crippen LogP contribution in [-0.2, 0) is 6.54 Å². The molecule has 1 aliphatic heterocycles. The Morgan fingerprint density at radius 3 is 2.73 bits per heavy atom. The predicted molar refractivity (Wildman–Crippen MR) is 90.3 cm³/mol. The van der Waals surface area contributed by atoms with Gasteiger partial charge in [0.15, 0.2) is 17.5 Å². The molecule has 9 nitrogen and oxygen atoms in total. The second-order valence-electron chi connectivity index (χ2n) is 6.18. The normalized spacial score (nSPS) is 15.3. The summed E-state index contributed by atoms with van der Waals surface area (Å²) in [6.07, 6.45) is 7.12. The van der Waals surface area contributed by atoms with Crippen molar-refractivity contribution in [3.05, 3.63) is 53.5 Å². The van der Waals surface area contributed by atoms with Crippen LogP contribution in [0.5, 0.6) is 0 Å². The van der Waals surface area contributed by atoms with E-state index in [2.05, 4.69) is 25.1 Å². The van der Waals surface area contributed by atoms with E-state index in [0.717, 1.165) is 12.8 Å². The first-order valence-corrected chi connectivity index (χ1v) is 8.34. The van der Waals surface area contributed by atoms with E-state index in [1.165, 1.54) is 40.6 Å². The van der Waals surface area contributed by atoms with E-state index in [9.17, 15) is 9.18 Å². The summed E-state index contributed by atoms with van der Waals surface area (Å²) in [6, 6.07) is 3.10. The third kappa shape index (κ3) is 3.30. The molecule has 1 saturated heterocycles. The maximum atomic E-state index is 13.8. The first-order valence-electron chi connectivity index (χ1n) is 8.34. The number of rotatable bonds is 4. The second kappa shape index (κ2) is 6.98. The van der Waals surface area contributed by atoms with E-state index in [1.807, 2.05) is 4.90 Å². The van der Waals surface area contributed by atoms with E-state index in [4.69, 9.17) is 0 Å². The molecule has 0 amide bonds. The molecule has 0 spiro atoms. The van der Waals surface area contributed by atoms with Gasteiger partial charge in [0.05, 0.1) is 6.20 Å². The zero-order valence-corrected chi connectivity index (χ0v) is 13.9. The van der Waals surface area contributed by atoms with Crippen molar-refractivity contribution in [3.8, 4) is 5.82 Å². The Morgan fingerprint density at radius 2 is 2.00 bits per heavy atom. The van der Waals surface area contributed by atoms with Gasteiger partial charge in [-0.25, -0.2) is 28.7 Å². The number of hydrogen-bond donors (Lipinski definition) is 0. The van der Waals surface area contributed by atoms with E-state index < -0.39 is 5.82 Å². The lowest BCUT2D eigenvalue weighted by Gasteiger charge is -2.32. The molecule has 0 saturated carbocycles. The van der Waals surface area contributed by atoms with Crippen molar-refractivity contribution in [2.24, 2.45) is 5.92 Å². The summed E-state index contributed by atoms with van der Waals surface area (Å²) in [5, 5.41) is 8.40. The van der Waals surface area contributed by atoms with Gasteiger partial charge < -0.3 is 4.90 Å². The highest BCUT2D eigenvalue weighted by Gasteiger charge is 2.23. The zero-order chi connectivity index (χ0) is 17.9. The summed E-state index contributed by atoms with van der Waals surface area (Å²) in [4.78, 5) is 25.6. The molecule has 0 atom stereocenters. The Bertz CT molecular complexity index is 933. The molecule has 0 radical (unpaired) electrons. The molecule has 10 heteroatoms. The molecule has 0 aromatic carbocycles. The first kappa shape index (κ1) is 16.3. The average molecular weight is 356 g/mol. The highest BCUT2D eigenvalue weighted by atomic mass is 19.1. The van der Waals surface area contributed by atoms with Crippen LogP contribution in [0.3, 0.4) is 0 Å². The molecule has 0 unspecified atom stereocenters. The van der Waals surface area contributed by atoms with Crippen molar-refractivity contribution in [1.82, 2.24) is 34.5 Å². The van der Waals surface area contributed by atoms with Crippen LogP contribution in [0.15, 0.2) is 42.1 Å². The van der Waals surface area contributed by atoms with Gasteiger partial charge in [-0.05, 0) is 24.8 Å². The summed E-state index contributed by atoms with van der Waals surface area (Å²) in [5.41, 5.74) is -0.155. The van der Waals surface area contributed by atoms with Crippen LogP contribution >= 0.6 is 0 Å². The minimum absolute atomic E-state index is 0.155. The van der Waals surface area contributed by atoms with Crippen LogP contribution in [0.1, 0.15) is 12.8 Å². The number of nitrogens with zero attached hydrogens (tertiary/aromatic N) is 8. The van der Waals surface area contributed by atoms with Crippen LogP contribution in [0.2, 0.25) is 0 Å². The molecule has 3 aromatic heterocycles. The number of hydrogen-bond acceptors (Lipinski definition) is 7. The van der Waals surface area contributed by atoms with E-state index in [-0.39, 0.29) is 11.5 Å². The molecule has 1 fully saturated rings. The number of halogens is 1. The quantitative estimate of drug-likeness (QED) is 0.678. The molecule has 134 valence electrons. The molecular weight excluding hydrogens is 339 g/mol. The molecule has 4 heterocycles. The smallest absolute Gasteiger partial charge is 0.266 e. The standard InChI is InChI=1S/C16H17FN8O/c17-13-7-18-9-20-16(13)23-5-3-12(4-6-23)8-24-15(26)2-1-14(22-24)25-11-19-10-21-25/h1-2,7,9-12H,3-6,8H2. The van der Waals surface area contributed by atoms with Crippen molar-refractivity contribution >= 4 is 5.82 Å². The summed E-state index contributed by atoms with van der Waals surface area (Å²) in [5.74, 6) is 0.751. The Labute approximate surface area is 148 Å². The fourth-order valence-corrected chi connectivity index (χ4v) is 3.13. The molecule has 0 N–H and O–H groups in total. The SMILES string of the molecule is O=c1ccc(-n2cncn2)nn1CC1CCN(c2ncncc2F)CC1. The summed E-state index contributed by atoms with van der Waals surface area (Å²) < 4.78 is 16.8. The van der Waals surface area contributed by atoms with Gasteiger partial charge in [0.25, 0.3) is 5.56 Å². The fraction of sp³-hybridized carbons (Fsp3) is 0.375. The topological polar surface area (TPSA) is 94.6 Å². The van der Waals surface area contributed by atoms with Gasteiger partial charge >= 0.3 is 0 Å². The van der Waals surface area contributed by atoms with Crippen LogP contribution in [0, 0.1) is 11.7 Å². The maximum absolute atomic E-state index is 13.8. The maximum Gasteiger partial charge on any atom is 0.266 e. The van der Waals surface area contributed by atoms with Crippen LogP contribution in [0.4, 0.5) is 10.2 Å². The Kier molecular flexibility index (Phi) is 4.38. The summed E-state index contributed by atoms with van der Waals surface area (Å²) >= 11 is 0. The first-order chi connectivity index (χ1) is 12.7. The average Bonchev–Trinajstić information content (AvgIpc) is 3.19. The van der Waals surface area contributed by atoms with Crippen LogP contribution < -0.4 is 10.5 Å². The third-order valence-electron chi connectivity index (χ3n) is 4.50. The number of anilines is 1. The zero-order valence-electron chi connectivity index (χ0n) is 13.9. The second-order valence-corrected chi connectivity index (χ2v) is 6.18. The Balaban J connectivity index is 1.44. The monoisotopic (exact) mass is 356 g/mol. The van der Waals surface area contributed by atoms with Crippen LogP contribution in [-0.4, -0.2) is 47.6 Å². The predicted octanol–water partition coefficient (Wildman–Crippen LogP) is 0.670. The fourth-order valence-electron chi connectivity index (χ4n) is 3.13. The number of aromatic nitrogens is 7. The summed E-state index contributed by atoms with van der Waals surface area (Å²) in [7, 11) is 0. The van der Waals surface area contributed by atoms with E-state index >= 15 is 0 Å². The lowest BCUT2D eigenvalue weighted by molar-refractivity contribution is 0.332. The lowest BCUT2D eigenvalue weighted by atomic mass is 9.97. The lowest BCUT2D eigenvalue weighted by Crippen LogP contribution is -2.37. The van der Waals surface area contributed by atoms with E-state index in [0.29, 0.717) is 31.3 Å². The van der Waals surface area contributed by atoms with Gasteiger partial charge in [0.1, 0.15) is 19.0 Å². The van der Waals surface area contributed by atoms with Gasteiger partial charge in [-0.3, -0.25) is 4.79 Å². The molecule has 26 heavy (non-hydrogen) atoms. The van der Waals surface area contributed by atoms with Crippen molar-refractivity contribution < 1.29 is 4.39 Å². The molecule has 1 aliphatic rings. The number of piperidine rings is 1. The highest BCUT2D eigenvalue weighted by Crippen LogP contribution is 2.23. The Hall–Kier alpha value is -3.17. The Morgan fingerprint density at radius 1 is 1.15 bits per heavy atom.